The van der Waals surface area contributed by atoms with Crippen LogP contribution < -0.4 is 5.32 Å². The summed E-state index contributed by atoms with van der Waals surface area (Å²) in [5.74, 6) is -3.41. The molecule has 0 fully saturated rings. The van der Waals surface area contributed by atoms with Crippen molar-refractivity contribution in [2.75, 3.05) is 0 Å². The zero-order chi connectivity index (χ0) is 13.7. The molecule has 1 atom stereocenters. The average molecular weight is 272 g/mol. The second kappa shape index (κ2) is 6.02. The number of carbonyl (C=O) groups excluding carboxylic acids is 1. The molecule has 0 aromatic heterocycles. The number of carboxylic acids is 2. The maximum absolute atomic E-state index is 11.7. The molecule has 1 rings (SSSR count). The lowest BCUT2D eigenvalue weighted by molar-refractivity contribution is -0.145. The average Bonchev–Trinajstić information content (AvgIpc) is 2.27. The van der Waals surface area contributed by atoms with Crippen molar-refractivity contribution in [1.29, 1.82) is 0 Å². The zero-order valence-corrected chi connectivity index (χ0v) is 9.85. The lowest BCUT2D eigenvalue weighted by Crippen LogP contribution is -2.42. The van der Waals surface area contributed by atoms with Gasteiger partial charge in [0.15, 0.2) is 0 Å². The number of carboxylic acid groups (broad SMARTS) is 2. The van der Waals surface area contributed by atoms with Crippen molar-refractivity contribution in [3.05, 3.63) is 34.9 Å². The number of aliphatic carboxylic acids is 2. The minimum atomic E-state index is -1.48. The van der Waals surface area contributed by atoms with Crippen molar-refractivity contribution in [2.24, 2.45) is 0 Å². The number of hydrogen-bond donors (Lipinski definition) is 3. The van der Waals surface area contributed by atoms with Gasteiger partial charge in [0, 0.05) is 10.6 Å². The number of benzene rings is 1. The van der Waals surface area contributed by atoms with Crippen LogP contribution in [0.5, 0.6) is 0 Å². The normalized spacial score (nSPS) is 11.6. The van der Waals surface area contributed by atoms with Crippen LogP contribution in [-0.2, 0) is 9.59 Å². The summed E-state index contributed by atoms with van der Waals surface area (Å²) in [7, 11) is 0. The Morgan fingerprint density at radius 3 is 2.44 bits per heavy atom. The fraction of sp³-hybridized carbons (Fsp3) is 0.182. The minimum Gasteiger partial charge on any atom is -0.481 e. The van der Waals surface area contributed by atoms with E-state index in [1.807, 2.05) is 0 Å². The second-order valence-corrected chi connectivity index (χ2v) is 3.91. The lowest BCUT2D eigenvalue weighted by Gasteiger charge is -2.12. The number of carbonyl (C=O) groups is 3. The van der Waals surface area contributed by atoms with E-state index in [9.17, 15) is 14.4 Å². The fourth-order valence-electron chi connectivity index (χ4n) is 1.25. The Morgan fingerprint density at radius 1 is 1.28 bits per heavy atom. The molecule has 1 amide bonds. The van der Waals surface area contributed by atoms with E-state index in [0.29, 0.717) is 5.02 Å². The van der Waals surface area contributed by atoms with Gasteiger partial charge in [-0.1, -0.05) is 17.7 Å². The lowest BCUT2D eigenvalue weighted by atomic mass is 10.1. The standard InChI is InChI=1S/C11H10ClNO5/c12-7-3-1-2-6(4-7)10(16)13-8(11(17)18)5-9(14)15/h1-4,8H,5H2,(H,13,16)(H,14,15)(H,17,18). The number of nitrogens with one attached hydrogen (secondary N) is 1. The Kier molecular flexibility index (Phi) is 4.67. The summed E-state index contributed by atoms with van der Waals surface area (Å²) >= 11 is 5.68. The SMILES string of the molecule is O=C(O)CC(NC(=O)c1cccc(Cl)c1)C(=O)O. The van der Waals surface area contributed by atoms with Crippen LogP contribution in [0, 0.1) is 0 Å². The molecule has 1 aromatic rings. The number of halogens is 1. The van der Waals surface area contributed by atoms with E-state index in [2.05, 4.69) is 5.32 Å². The van der Waals surface area contributed by atoms with E-state index < -0.39 is 30.3 Å². The van der Waals surface area contributed by atoms with Crippen molar-refractivity contribution < 1.29 is 24.6 Å². The molecule has 0 radical (unpaired) electrons. The largest absolute Gasteiger partial charge is 0.481 e. The van der Waals surface area contributed by atoms with Gasteiger partial charge in [-0.2, -0.15) is 0 Å². The van der Waals surface area contributed by atoms with Gasteiger partial charge in [-0.25, -0.2) is 4.79 Å². The number of amides is 1. The van der Waals surface area contributed by atoms with E-state index in [0.717, 1.165) is 0 Å². The molecule has 0 saturated heterocycles. The summed E-state index contributed by atoms with van der Waals surface area (Å²) < 4.78 is 0. The molecule has 0 aliphatic heterocycles. The van der Waals surface area contributed by atoms with E-state index in [-0.39, 0.29) is 5.56 Å². The van der Waals surface area contributed by atoms with Crippen LogP contribution in [0.25, 0.3) is 0 Å². The number of rotatable bonds is 5. The van der Waals surface area contributed by atoms with Gasteiger partial charge in [0.05, 0.1) is 6.42 Å². The van der Waals surface area contributed by atoms with E-state index in [4.69, 9.17) is 21.8 Å². The molecule has 0 saturated carbocycles. The molecule has 0 aliphatic carbocycles. The van der Waals surface area contributed by atoms with Crippen LogP contribution >= 0.6 is 11.6 Å². The van der Waals surface area contributed by atoms with Crippen LogP contribution in [0.15, 0.2) is 24.3 Å². The number of hydrogen-bond acceptors (Lipinski definition) is 3. The van der Waals surface area contributed by atoms with Crippen LogP contribution in [0.2, 0.25) is 5.02 Å². The van der Waals surface area contributed by atoms with Crippen molar-refractivity contribution in [3.8, 4) is 0 Å². The van der Waals surface area contributed by atoms with Crippen molar-refractivity contribution >= 4 is 29.4 Å². The van der Waals surface area contributed by atoms with Gasteiger partial charge in [-0.15, -0.1) is 0 Å². The van der Waals surface area contributed by atoms with Crippen LogP contribution in [0.4, 0.5) is 0 Å². The Labute approximate surface area is 107 Å². The summed E-state index contributed by atoms with van der Waals surface area (Å²) in [5.41, 5.74) is 0.166. The van der Waals surface area contributed by atoms with Gasteiger partial charge >= 0.3 is 11.9 Å². The molecule has 18 heavy (non-hydrogen) atoms. The first-order valence-corrected chi connectivity index (χ1v) is 5.29. The van der Waals surface area contributed by atoms with Gasteiger partial charge in [-0.3, -0.25) is 9.59 Å². The Balaban J connectivity index is 2.78. The highest BCUT2D eigenvalue weighted by molar-refractivity contribution is 6.31. The van der Waals surface area contributed by atoms with Crippen LogP contribution in [0.3, 0.4) is 0 Å². The quantitative estimate of drug-likeness (QED) is 0.741. The second-order valence-electron chi connectivity index (χ2n) is 3.47. The molecule has 6 nitrogen and oxygen atoms in total. The van der Waals surface area contributed by atoms with E-state index in [1.165, 1.54) is 18.2 Å². The maximum atomic E-state index is 11.7. The molecule has 1 aromatic carbocycles. The molecule has 7 heteroatoms. The molecule has 3 N–H and O–H groups in total. The van der Waals surface area contributed by atoms with Gasteiger partial charge in [0.1, 0.15) is 6.04 Å². The summed E-state index contributed by atoms with van der Waals surface area (Å²) in [5, 5.41) is 19.7. The minimum absolute atomic E-state index is 0.166. The summed E-state index contributed by atoms with van der Waals surface area (Å²) in [6.45, 7) is 0. The Hall–Kier alpha value is -2.08. The molecule has 0 heterocycles. The molecule has 96 valence electrons. The van der Waals surface area contributed by atoms with Crippen molar-refractivity contribution in [2.45, 2.75) is 12.5 Å². The summed E-state index contributed by atoms with van der Waals surface area (Å²) in [4.78, 5) is 32.9. The summed E-state index contributed by atoms with van der Waals surface area (Å²) in [6.07, 6.45) is -0.693. The van der Waals surface area contributed by atoms with E-state index >= 15 is 0 Å². The van der Waals surface area contributed by atoms with Crippen LogP contribution in [-0.4, -0.2) is 34.1 Å². The third-order valence-corrected chi connectivity index (χ3v) is 2.30. The zero-order valence-electron chi connectivity index (χ0n) is 9.09. The van der Waals surface area contributed by atoms with Gasteiger partial charge in [0.25, 0.3) is 5.91 Å². The predicted molar refractivity (Wildman–Crippen MR) is 62.6 cm³/mol. The Morgan fingerprint density at radius 2 is 1.94 bits per heavy atom. The highest BCUT2D eigenvalue weighted by atomic mass is 35.5. The van der Waals surface area contributed by atoms with Gasteiger partial charge < -0.3 is 15.5 Å². The smallest absolute Gasteiger partial charge is 0.326 e. The topological polar surface area (TPSA) is 104 Å². The summed E-state index contributed by atoms with van der Waals surface area (Å²) in [6, 6.07) is 4.42. The first-order chi connectivity index (χ1) is 8.40. The fourth-order valence-corrected chi connectivity index (χ4v) is 1.44. The molecular weight excluding hydrogens is 262 g/mol. The molecular formula is C11H10ClNO5. The maximum Gasteiger partial charge on any atom is 0.326 e. The Bertz CT molecular complexity index is 488. The highest BCUT2D eigenvalue weighted by Crippen LogP contribution is 2.10. The highest BCUT2D eigenvalue weighted by Gasteiger charge is 2.23. The molecule has 0 spiro atoms. The third kappa shape index (κ3) is 4.06. The predicted octanol–water partition coefficient (Wildman–Crippen LogP) is 0.998. The third-order valence-electron chi connectivity index (χ3n) is 2.07. The van der Waals surface area contributed by atoms with Gasteiger partial charge in [0.2, 0.25) is 0 Å². The van der Waals surface area contributed by atoms with E-state index in [1.54, 1.807) is 6.07 Å². The van der Waals surface area contributed by atoms with Crippen molar-refractivity contribution in [1.82, 2.24) is 5.32 Å². The molecule has 0 aliphatic rings. The first kappa shape index (κ1) is 14.0. The van der Waals surface area contributed by atoms with Crippen LogP contribution in [0.1, 0.15) is 16.8 Å². The van der Waals surface area contributed by atoms with Gasteiger partial charge in [-0.05, 0) is 18.2 Å². The molecule has 1 unspecified atom stereocenters. The molecule has 0 bridgehead atoms. The van der Waals surface area contributed by atoms with Crippen molar-refractivity contribution in [3.63, 3.8) is 0 Å². The monoisotopic (exact) mass is 271 g/mol. The first-order valence-electron chi connectivity index (χ1n) is 4.91.